The lowest BCUT2D eigenvalue weighted by Crippen LogP contribution is -2.48. The first-order chi connectivity index (χ1) is 13.7. The van der Waals surface area contributed by atoms with Crippen molar-refractivity contribution in [3.05, 3.63) is 42.7 Å². The average Bonchev–Trinajstić information content (AvgIpc) is 3.37. The quantitative estimate of drug-likeness (QED) is 0.544. The molecule has 7 heteroatoms. The Morgan fingerprint density at radius 2 is 1.82 bits per heavy atom. The standard InChI is InChI=1S/C21H24N6O/c1-15(2)14-25-9-11-26(12-10-25)21-22-17-7-4-3-6-16(17)19-23-24-20(27(19)21)18-8-5-13-28-18/h3-8,13,15H,9-12,14H2,1-2H3. The third kappa shape index (κ3) is 2.92. The zero-order valence-electron chi connectivity index (χ0n) is 16.2. The summed E-state index contributed by atoms with van der Waals surface area (Å²) in [5.74, 6) is 2.96. The molecule has 1 aromatic carbocycles. The van der Waals surface area contributed by atoms with Gasteiger partial charge in [0.25, 0.3) is 0 Å². The first kappa shape index (κ1) is 17.2. The van der Waals surface area contributed by atoms with Crippen LogP contribution in [0.2, 0.25) is 0 Å². The number of benzene rings is 1. The van der Waals surface area contributed by atoms with E-state index >= 15 is 0 Å². The molecule has 28 heavy (non-hydrogen) atoms. The Labute approximate surface area is 163 Å². The second-order valence-electron chi connectivity index (χ2n) is 7.77. The van der Waals surface area contributed by atoms with Crippen molar-refractivity contribution in [2.75, 3.05) is 37.6 Å². The van der Waals surface area contributed by atoms with Crippen LogP contribution in [0.5, 0.6) is 0 Å². The zero-order chi connectivity index (χ0) is 19.1. The van der Waals surface area contributed by atoms with Gasteiger partial charge < -0.3 is 9.32 Å². The highest BCUT2D eigenvalue weighted by Gasteiger charge is 2.24. The minimum atomic E-state index is 0.681. The van der Waals surface area contributed by atoms with Crippen molar-refractivity contribution >= 4 is 22.5 Å². The van der Waals surface area contributed by atoms with E-state index in [2.05, 4.69) is 33.8 Å². The van der Waals surface area contributed by atoms with Gasteiger partial charge in [-0.25, -0.2) is 9.38 Å². The van der Waals surface area contributed by atoms with E-state index in [4.69, 9.17) is 9.40 Å². The molecule has 0 aliphatic carbocycles. The SMILES string of the molecule is CC(C)CN1CCN(c2nc3ccccc3c3nnc(-c4ccco4)n23)CC1. The summed E-state index contributed by atoms with van der Waals surface area (Å²) in [6.45, 7) is 9.62. The third-order valence-corrected chi connectivity index (χ3v) is 5.25. The Hall–Kier alpha value is -2.93. The molecule has 4 aromatic rings. The van der Waals surface area contributed by atoms with Crippen LogP contribution in [0.4, 0.5) is 5.95 Å². The molecule has 1 aliphatic rings. The van der Waals surface area contributed by atoms with Gasteiger partial charge in [-0.05, 0) is 30.2 Å². The van der Waals surface area contributed by atoms with Crippen molar-refractivity contribution in [1.82, 2.24) is 24.5 Å². The molecule has 1 saturated heterocycles. The number of anilines is 1. The average molecular weight is 376 g/mol. The van der Waals surface area contributed by atoms with Crippen LogP contribution < -0.4 is 4.90 Å². The van der Waals surface area contributed by atoms with Crippen molar-refractivity contribution in [2.24, 2.45) is 5.92 Å². The van der Waals surface area contributed by atoms with Gasteiger partial charge in [-0.3, -0.25) is 4.90 Å². The number of nitrogens with zero attached hydrogens (tertiary/aromatic N) is 6. The van der Waals surface area contributed by atoms with E-state index < -0.39 is 0 Å². The molecule has 0 unspecified atom stereocenters. The van der Waals surface area contributed by atoms with E-state index in [1.165, 1.54) is 0 Å². The number of piperazine rings is 1. The molecular weight excluding hydrogens is 352 g/mol. The zero-order valence-corrected chi connectivity index (χ0v) is 16.2. The molecule has 4 heterocycles. The number of fused-ring (bicyclic) bond motifs is 3. The Bertz CT molecular complexity index is 1090. The monoisotopic (exact) mass is 376 g/mol. The largest absolute Gasteiger partial charge is 0.461 e. The topological polar surface area (TPSA) is 62.7 Å². The van der Waals surface area contributed by atoms with Gasteiger partial charge in [0.1, 0.15) is 0 Å². The number of hydrogen-bond donors (Lipinski definition) is 0. The van der Waals surface area contributed by atoms with Gasteiger partial charge in [0.05, 0.1) is 11.8 Å². The molecule has 0 spiro atoms. The summed E-state index contributed by atoms with van der Waals surface area (Å²) in [5.41, 5.74) is 1.75. The van der Waals surface area contributed by atoms with Crippen molar-refractivity contribution in [1.29, 1.82) is 0 Å². The van der Waals surface area contributed by atoms with E-state index in [9.17, 15) is 0 Å². The summed E-state index contributed by atoms with van der Waals surface area (Å²) in [4.78, 5) is 9.87. The molecule has 3 aromatic heterocycles. The van der Waals surface area contributed by atoms with Crippen molar-refractivity contribution in [3.63, 3.8) is 0 Å². The Morgan fingerprint density at radius 3 is 2.57 bits per heavy atom. The number of hydrogen-bond acceptors (Lipinski definition) is 6. The molecule has 1 fully saturated rings. The molecule has 0 saturated carbocycles. The molecule has 0 amide bonds. The van der Waals surface area contributed by atoms with Gasteiger partial charge in [0.15, 0.2) is 11.4 Å². The molecular formula is C21H24N6O. The molecule has 1 aliphatic heterocycles. The Morgan fingerprint density at radius 1 is 1.00 bits per heavy atom. The van der Waals surface area contributed by atoms with Crippen molar-refractivity contribution in [2.45, 2.75) is 13.8 Å². The summed E-state index contributed by atoms with van der Waals surface area (Å²) in [6, 6.07) is 11.9. The second kappa shape index (κ2) is 6.91. The maximum absolute atomic E-state index is 5.62. The summed E-state index contributed by atoms with van der Waals surface area (Å²) < 4.78 is 7.66. The highest BCUT2D eigenvalue weighted by molar-refractivity contribution is 5.93. The lowest BCUT2D eigenvalue weighted by molar-refractivity contribution is 0.230. The number of aromatic nitrogens is 4. The summed E-state index contributed by atoms with van der Waals surface area (Å²) in [6.07, 6.45) is 1.66. The molecule has 0 atom stereocenters. The minimum absolute atomic E-state index is 0.681. The van der Waals surface area contributed by atoms with E-state index in [1.54, 1.807) is 6.26 Å². The van der Waals surface area contributed by atoms with Crippen LogP contribution in [0, 0.1) is 5.92 Å². The van der Waals surface area contributed by atoms with Gasteiger partial charge in [0, 0.05) is 38.1 Å². The van der Waals surface area contributed by atoms with Gasteiger partial charge in [-0.15, -0.1) is 10.2 Å². The second-order valence-corrected chi connectivity index (χ2v) is 7.77. The van der Waals surface area contributed by atoms with Gasteiger partial charge in [0.2, 0.25) is 11.8 Å². The van der Waals surface area contributed by atoms with Crippen LogP contribution in [-0.4, -0.2) is 57.2 Å². The van der Waals surface area contributed by atoms with Gasteiger partial charge in [-0.2, -0.15) is 0 Å². The van der Waals surface area contributed by atoms with Gasteiger partial charge >= 0.3 is 0 Å². The highest BCUT2D eigenvalue weighted by atomic mass is 16.3. The maximum atomic E-state index is 5.62. The van der Waals surface area contributed by atoms with Crippen LogP contribution in [0.15, 0.2) is 47.1 Å². The maximum Gasteiger partial charge on any atom is 0.213 e. The smallest absolute Gasteiger partial charge is 0.213 e. The highest BCUT2D eigenvalue weighted by Crippen LogP contribution is 2.29. The molecule has 144 valence electrons. The molecule has 5 rings (SSSR count). The molecule has 0 N–H and O–H groups in total. The Balaban J connectivity index is 1.62. The van der Waals surface area contributed by atoms with Crippen LogP contribution in [0.3, 0.4) is 0 Å². The van der Waals surface area contributed by atoms with E-state index in [0.717, 1.165) is 55.2 Å². The van der Waals surface area contributed by atoms with E-state index in [-0.39, 0.29) is 0 Å². The van der Waals surface area contributed by atoms with Crippen molar-refractivity contribution < 1.29 is 4.42 Å². The first-order valence-electron chi connectivity index (χ1n) is 9.86. The van der Waals surface area contributed by atoms with Crippen LogP contribution in [-0.2, 0) is 0 Å². The number of furan rings is 1. The van der Waals surface area contributed by atoms with Crippen LogP contribution in [0.25, 0.3) is 28.1 Å². The fraction of sp³-hybridized carbons (Fsp3) is 0.381. The summed E-state index contributed by atoms with van der Waals surface area (Å²) >= 11 is 0. The third-order valence-electron chi connectivity index (χ3n) is 5.25. The van der Waals surface area contributed by atoms with Gasteiger partial charge in [-0.1, -0.05) is 26.0 Å². The molecule has 0 bridgehead atoms. The minimum Gasteiger partial charge on any atom is -0.461 e. The van der Waals surface area contributed by atoms with Crippen molar-refractivity contribution in [3.8, 4) is 11.6 Å². The summed E-state index contributed by atoms with van der Waals surface area (Å²) in [5, 5.41) is 9.92. The van der Waals surface area contributed by atoms with Crippen LogP contribution >= 0.6 is 0 Å². The normalized spacial score (nSPS) is 15.9. The molecule has 7 nitrogen and oxygen atoms in total. The Kier molecular flexibility index (Phi) is 4.24. The van der Waals surface area contributed by atoms with E-state index in [0.29, 0.717) is 17.5 Å². The lowest BCUT2D eigenvalue weighted by atomic mass is 10.2. The predicted octanol–water partition coefficient (Wildman–Crippen LogP) is 3.32. The van der Waals surface area contributed by atoms with E-state index in [1.807, 2.05) is 40.8 Å². The fourth-order valence-corrected chi connectivity index (χ4v) is 3.99. The molecule has 0 radical (unpaired) electrons. The van der Waals surface area contributed by atoms with Crippen LogP contribution in [0.1, 0.15) is 13.8 Å². The number of para-hydroxylation sites is 1. The predicted molar refractivity (Wildman–Crippen MR) is 109 cm³/mol. The number of rotatable bonds is 4. The lowest BCUT2D eigenvalue weighted by Gasteiger charge is -2.36. The fourth-order valence-electron chi connectivity index (χ4n) is 3.99. The first-order valence-corrected chi connectivity index (χ1v) is 9.86. The summed E-state index contributed by atoms with van der Waals surface area (Å²) in [7, 11) is 0.